The highest BCUT2D eigenvalue weighted by Crippen LogP contribution is 2.18. The number of nitrogens with zero attached hydrogens (tertiary/aromatic N) is 1. The zero-order valence-corrected chi connectivity index (χ0v) is 13.9. The number of benzene rings is 1. The Kier molecular flexibility index (Phi) is 6.16. The first-order valence-corrected chi connectivity index (χ1v) is 8.25. The Hall–Kier alpha value is -1.88. The van der Waals surface area contributed by atoms with E-state index in [4.69, 9.17) is 0 Å². The second kappa shape index (κ2) is 8.11. The molecule has 1 aromatic carbocycles. The molecule has 5 heteroatoms. The molecule has 2 rings (SSSR count). The number of amides is 1. The van der Waals surface area contributed by atoms with Crippen LogP contribution in [0.15, 0.2) is 30.3 Å². The summed E-state index contributed by atoms with van der Waals surface area (Å²) in [7, 11) is 0. The van der Waals surface area contributed by atoms with Crippen LogP contribution < -0.4 is 5.32 Å². The first-order valence-electron chi connectivity index (χ1n) is 8.25. The average molecular weight is 318 g/mol. The third kappa shape index (κ3) is 5.36. The van der Waals surface area contributed by atoms with Gasteiger partial charge in [0.2, 0.25) is 5.91 Å². The molecule has 0 spiro atoms. The van der Waals surface area contributed by atoms with E-state index >= 15 is 0 Å². The van der Waals surface area contributed by atoms with Gasteiger partial charge in [-0.1, -0.05) is 44.2 Å². The van der Waals surface area contributed by atoms with E-state index in [1.807, 2.05) is 30.3 Å². The van der Waals surface area contributed by atoms with Gasteiger partial charge in [0.05, 0.1) is 5.92 Å². The number of carbonyl (C=O) groups is 2. The predicted octanol–water partition coefficient (Wildman–Crippen LogP) is 1.78. The smallest absolute Gasteiger partial charge is 0.326 e. The van der Waals surface area contributed by atoms with E-state index in [0.717, 1.165) is 31.6 Å². The van der Waals surface area contributed by atoms with Gasteiger partial charge in [0.15, 0.2) is 0 Å². The van der Waals surface area contributed by atoms with E-state index in [1.54, 1.807) is 0 Å². The largest absolute Gasteiger partial charge is 0.480 e. The van der Waals surface area contributed by atoms with E-state index in [2.05, 4.69) is 24.1 Å². The van der Waals surface area contributed by atoms with Crippen LogP contribution in [0, 0.1) is 11.8 Å². The van der Waals surface area contributed by atoms with Crippen molar-refractivity contribution in [3.63, 3.8) is 0 Å². The molecule has 1 aliphatic rings. The first-order chi connectivity index (χ1) is 11.0. The predicted molar refractivity (Wildman–Crippen MR) is 89.1 cm³/mol. The fraction of sp³-hybridized carbons (Fsp3) is 0.556. The van der Waals surface area contributed by atoms with Crippen LogP contribution in [-0.2, 0) is 16.0 Å². The van der Waals surface area contributed by atoms with Crippen molar-refractivity contribution in [1.29, 1.82) is 0 Å². The topological polar surface area (TPSA) is 69.6 Å². The van der Waals surface area contributed by atoms with E-state index in [9.17, 15) is 14.7 Å². The highest BCUT2D eigenvalue weighted by molar-refractivity contribution is 5.85. The number of rotatable bonds is 7. The monoisotopic (exact) mass is 318 g/mol. The van der Waals surface area contributed by atoms with Crippen molar-refractivity contribution in [2.45, 2.75) is 32.7 Å². The van der Waals surface area contributed by atoms with Crippen LogP contribution in [0.1, 0.15) is 25.8 Å². The Bertz CT molecular complexity index is 530. The molecule has 0 saturated carbocycles. The van der Waals surface area contributed by atoms with Crippen LogP contribution in [-0.4, -0.2) is 47.6 Å². The molecule has 0 aromatic heterocycles. The summed E-state index contributed by atoms with van der Waals surface area (Å²) in [4.78, 5) is 26.1. The molecule has 2 N–H and O–H groups in total. The van der Waals surface area contributed by atoms with E-state index < -0.39 is 12.0 Å². The number of aliphatic carboxylic acids is 1. The van der Waals surface area contributed by atoms with Gasteiger partial charge in [0, 0.05) is 19.5 Å². The van der Waals surface area contributed by atoms with Crippen LogP contribution in [0.3, 0.4) is 0 Å². The Morgan fingerprint density at radius 3 is 2.61 bits per heavy atom. The molecular weight excluding hydrogens is 292 g/mol. The maximum Gasteiger partial charge on any atom is 0.326 e. The number of nitrogens with one attached hydrogen (secondary N) is 1. The number of carbonyl (C=O) groups excluding carboxylic acids is 1. The summed E-state index contributed by atoms with van der Waals surface area (Å²) in [5, 5.41) is 12.1. The van der Waals surface area contributed by atoms with Crippen LogP contribution >= 0.6 is 0 Å². The second-order valence-electron chi connectivity index (χ2n) is 6.73. The van der Waals surface area contributed by atoms with Gasteiger partial charge < -0.3 is 15.3 Å². The SMILES string of the molecule is CC(C)CN1CC[C@H](C(=O)N[C@H](Cc2ccccc2)C(=O)O)C1. The first kappa shape index (κ1) is 17.5. The van der Waals surface area contributed by atoms with Gasteiger partial charge in [-0.05, 0) is 24.4 Å². The minimum Gasteiger partial charge on any atom is -0.480 e. The normalized spacial score (nSPS) is 19.7. The molecule has 0 radical (unpaired) electrons. The fourth-order valence-electron chi connectivity index (χ4n) is 3.07. The lowest BCUT2D eigenvalue weighted by Crippen LogP contribution is -2.45. The molecule has 1 aliphatic heterocycles. The highest BCUT2D eigenvalue weighted by Gasteiger charge is 2.31. The zero-order chi connectivity index (χ0) is 16.8. The van der Waals surface area contributed by atoms with Crippen LogP contribution in [0.4, 0.5) is 0 Å². The number of hydrogen-bond donors (Lipinski definition) is 2. The Morgan fingerprint density at radius 1 is 1.30 bits per heavy atom. The van der Waals surface area contributed by atoms with Crippen molar-refractivity contribution in [2.24, 2.45) is 11.8 Å². The van der Waals surface area contributed by atoms with Crippen LogP contribution in [0.5, 0.6) is 0 Å². The van der Waals surface area contributed by atoms with Crippen LogP contribution in [0.2, 0.25) is 0 Å². The molecule has 1 saturated heterocycles. The summed E-state index contributed by atoms with van der Waals surface area (Å²) in [6.45, 7) is 6.94. The quantitative estimate of drug-likeness (QED) is 0.804. The average Bonchev–Trinajstić information content (AvgIpc) is 2.95. The molecule has 0 bridgehead atoms. The van der Waals surface area contributed by atoms with Gasteiger partial charge in [-0.25, -0.2) is 4.79 Å². The van der Waals surface area contributed by atoms with Gasteiger partial charge in [0.1, 0.15) is 6.04 Å². The van der Waals surface area contributed by atoms with Crippen LogP contribution in [0.25, 0.3) is 0 Å². The molecular formula is C18H26N2O3. The Balaban J connectivity index is 1.90. The van der Waals surface area contributed by atoms with E-state index in [1.165, 1.54) is 0 Å². The standard InChI is InChI=1S/C18H26N2O3/c1-13(2)11-20-9-8-15(12-20)17(21)19-16(18(22)23)10-14-6-4-3-5-7-14/h3-7,13,15-16H,8-12H2,1-2H3,(H,19,21)(H,22,23)/t15-,16+/m0/s1. The van der Waals surface area contributed by atoms with E-state index in [0.29, 0.717) is 12.3 Å². The van der Waals surface area contributed by atoms with Gasteiger partial charge >= 0.3 is 5.97 Å². The highest BCUT2D eigenvalue weighted by atomic mass is 16.4. The Labute approximate surface area is 137 Å². The molecule has 0 aliphatic carbocycles. The van der Waals surface area contributed by atoms with Crippen molar-refractivity contribution in [1.82, 2.24) is 10.2 Å². The molecule has 1 heterocycles. The van der Waals surface area contributed by atoms with Gasteiger partial charge in [-0.15, -0.1) is 0 Å². The van der Waals surface area contributed by atoms with Gasteiger partial charge in [-0.2, -0.15) is 0 Å². The molecule has 2 atom stereocenters. The summed E-state index contributed by atoms with van der Waals surface area (Å²) in [5.41, 5.74) is 0.910. The third-order valence-electron chi connectivity index (χ3n) is 4.16. The van der Waals surface area contributed by atoms with Crippen molar-refractivity contribution < 1.29 is 14.7 Å². The Morgan fingerprint density at radius 2 is 2.00 bits per heavy atom. The lowest BCUT2D eigenvalue weighted by Gasteiger charge is -2.19. The fourth-order valence-corrected chi connectivity index (χ4v) is 3.07. The van der Waals surface area contributed by atoms with Gasteiger partial charge in [0.25, 0.3) is 0 Å². The number of carboxylic acids is 1. The van der Waals surface area contributed by atoms with Gasteiger partial charge in [-0.3, -0.25) is 4.79 Å². The number of hydrogen-bond acceptors (Lipinski definition) is 3. The summed E-state index contributed by atoms with van der Waals surface area (Å²) in [5.74, 6) is -0.660. The lowest BCUT2D eigenvalue weighted by molar-refractivity contribution is -0.142. The third-order valence-corrected chi connectivity index (χ3v) is 4.16. The molecule has 5 nitrogen and oxygen atoms in total. The molecule has 1 fully saturated rings. The summed E-state index contributed by atoms with van der Waals surface area (Å²) in [6, 6.07) is 8.52. The van der Waals surface area contributed by atoms with E-state index in [-0.39, 0.29) is 11.8 Å². The number of carboxylic acid groups (broad SMARTS) is 1. The molecule has 1 amide bonds. The minimum absolute atomic E-state index is 0.105. The summed E-state index contributed by atoms with van der Waals surface area (Å²) in [6.07, 6.45) is 1.11. The maximum absolute atomic E-state index is 12.4. The zero-order valence-electron chi connectivity index (χ0n) is 13.9. The van der Waals surface area contributed by atoms with Crippen molar-refractivity contribution in [2.75, 3.05) is 19.6 Å². The molecule has 126 valence electrons. The molecule has 0 unspecified atom stereocenters. The maximum atomic E-state index is 12.4. The summed E-state index contributed by atoms with van der Waals surface area (Å²) < 4.78 is 0. The second-order valence-corrected chi connectivity index (χ2v) is 6.73. The number of likely N-dealkylation sites (tertiary alicyclic amines) is 1. The lowest BCUT2D eigenvalue weighted by atomic mass is 10.0. The van der Waals surface area contributed by atoms with Crippen molar-refractivity contribution >= 4 is 11.9 Å². The molecule has 23 heavy (non-hydrogen) atoms. The molecule has 1 aromatic rings. The van der Waals surface area contributed by atoms with Crippen molar-refractivity contribution in [3.05, 3.63) is 35.9 Å². The minimum atomic E-state index is -0.987. The van der Waals surface area contributed by atoms with Crippen molar-refractivity contribution in [3.8, 4) is 0 Å². The summed E-state index contributed by atoms with van der Waals surface area (Å²) >= 11 is 0.